The lowest BCUT2D eigenvalue weighted by Crippen LogP contribution is -2.13. The van der Waals surface area contributed by atoms with Crippen molar-refractivity contribution in [3.63, 3.8) is 0 Å². The lowest BCUT2D eigenvalue weighted by Gasteiger charge is -2.08. The molecule has 1 aromatic heterocycles. The number of nitro groups is 1. The molecule has 0 aliphatic carbocycles. The van der Waals surface area contributed by atoms with Crippen molar-refractivity contribution in [1.29, 1.82) is 0 Å². The Hall–Kier alpha value is -2.68. The predicted molar refractivity (Wildman–Crippen MR) is 77.7 cm³/mol. The van der Waals surface area contributed by atoms with E-state index in [-0.39, 0.29) is 16.3 Å². The van der Waals surface area contributed by atoms with Gasteiger partial charge in [0.05, 0.1) is 10.6 Å². The van der Waals surface area contributed by atoms with Crippen LogP contribution in [0.1, 0.15) is 0 Å². The fourth-order valence-electron chi connectivity index (χ4n) is 1.58. The van der Waals surface area contributed by atoms with Crippen molar-refractivity contribution < 1.29 is 13.3 Å². The summed E-state index contributed by atoms with van der Waals surface area (Å²) in [5, 5.41) is 13.4. The molecule has 0 aliphatic heterocycles. The van der Waals surface area contributed by atoms with E-state index in [1.54, 1.807) is 7.05 Å². The van der Waals surface area contributed by atoms with Gasteiger partial charge in [0.25, 0.3) is 15.7 Å². The maximum atomic E-state index is 12.1. The largest absolute Gasteiger partial charge is 0.373 e. The summed E-state index contributed by atoms with van der Waals surface area (Å²) in [6, 6.07) is 8.16. The number of hydrogen-bond donors (Lipinski definition) is 2. The second-order valence-corrected chi connectivity index (χ2v) is 5.72. The predicted octanol–water partition coefficient (Wildman–Crippen LogP) is 1.83. The van der Waals surface area contributed by atoms with Gasteiger partial charge in [0.15, 0.2) is 0 Å². The number of aromatic nitrogens is 1. The van der Waals surface area contributed by atoms with Crippen molar-refractivity contribution in [2.24, 2.45) is 0 Å². The van der Waals surface area contributed by atoms with E-state index >= 15 is 0 Å². The Balaban J connectivity index is 2.28. The third kappa shape index (κ3) is 3.45. The molecule has 8 nitrogen and oxygen atoms in total. The van der Waals surface area contributed by atoms with Crippen LogP contribution in [0.5, 0.6) is 0 Å². The fraction of sp³-hybridized carbons (Fsp3) is 0.0833. The van der Waals surface area contributed by atoms with Crippen LogP contribution in [0.4, 0.5) is 17.2 Å². The van der Waals surface area contributed by atoms with Crippen molar-refractivity contribution in [2.45, 2.75) is 4.90 Å². The summed E-state index contributed by atoms with van der Waals surface area (Å²) in [5.74, 6) is 0.532. The molecule has 1 aromatic carbocycles. The molecule has 9 heteroatoms. The van der Waals surface area contributed by atoms with Gasteiger partial charge in [0.2, 0.25) is 0 Å². The summed E-state index contributed by atoms with van der Waals surface area (Å²) < 4.78 is 26.6. The number of pyridine rings is 1. The first-order chi connectivity index (χ1) is 9.92. The van der Waals surface area contributed by atoms with Crippen molar-refractivity contribution in [1.82, 2.24) is 4.98 Å². The third-order valence-electron chi connectivity index (χ3n) is 2.61. The molecule has 2 rings (SSSR count). The van der Waals surface area contributed by atoms with E-state index in [0.717, 1.165) is 6.07 Å². The second kappa shape index (κ2) is 5.75. The van der Waals surface area contributed by atoms with Gasteiger partial charge < -0.3 is 5.32 Å². The second-order valence-electron chi connectivity index (χ2n) is 4.04. The summed E-state index contributed by atoms with van der Waals surface area (Å²) in [4.78, 5) is 14.0. The molecule has 0 radical (unpaired) electrons. The van der Waals surface area contributed by atoms with Crippen LogP contribution in [0.15, 0.2) is 47.5 Å². The van der Waals surface area contributed by atoms with Gasteiger partial charge in [0, 0.05) is 25.4 Å². The van der Waals surface area contributed by atoms with Crippen molar-refractivity contribution in [3.8, 4) is 0 Å². The van der Waals surface area contributed by atoms with Crippen LogP contribution < -0.4 is 10.0 Å². The summed E-state index contributed by atoms with van der Waals surface area (Å²) in [5.41, 5.74) is -0.0826. The number of anilines is 2. The zero-order valence-electron chi connectivity index (χ0n) is 11.0. The van der Waals surface area contributed by atoms with E-state index in [4.69, 9.17) is 0 Å². The molecular formula is C12H12N4O4S. The highest BCUT2D eigenvalue weighted by molar-refractivity contribution is 7.92. The zero-order valence-corrected chi connectivity index (χ0v) is 11.8. The van der Waals surface area contributed by atoms with E-state index in [9.17, 15) is 18.5 Å². The molecule has 110 valence electrons. The molecule has 2 aromatic rings. The molecule has 21 heavy (non-hydrogen) atoms. The number of sulfonamides is 1. The molecule has 0 saturated heterocycles. The maximum Gasteiger partial charge on any atom is 0.271 e. The highest BCUT2D eigenvalue weighted by Crippen LogP contribution is 2.20. The highest BCUT2D eigenvalue weighted by Gasteiger charge is 2.16. The van der Waals surface area contributed by atoms with Gasteiger partial charge in [-0.2, -0.15) is 0 Å². The Bertz CT molecular complexity index is 759. The summed E-state index contributed by atoms with van der Waals surface area (Å²) in [7, 11) is -2.18. The van der Waals surface area contributed by atoms with E-state index in [2.05, 4.69) is 15.0 Å². The van der Waals surface area contributed by atoms with E-state index in [0.29, 0.717) is 5.82 Å². The molecule has 0 bridgehead atoms. The maximum absolute atomic E-state index is 12.1. The van der Waals surface area contributed by atoms with E-state index < -0.39 is 14.9 Å². The molecule has 0 unspecified atom stereocenters. The van der Waals surface area contributed by atoms with Gasteiger partial charge in [-0.15, -0.1) is 0 Å². The number of nitro benzene ring substituents is 1. The quantitative estimate of drug-likeness (QED) is 0.643. The first kappa shape index (κ1) is 14.7. The SMILES string of the molecule is CNc1ccc(S(=O)(=O)Nc2cccc([N+](=O)[O-])c2)cn1. The zero-order chi connectivity index (χ0) is 15.5. The first-order valence-electron chi connectivity index (χ1n) is 5.83. The van der Waals surface area contributed by atoms with E-state index in [1.807, 2.05) is 0 Å². The monoisotopic (exact) mass is 308 g/mol. The minimum absolute atomic E-state index is 0.0343. The van der Waals surface area contributed by atoms with Gasteiger partial charge in [-0.05, 0) is 18.2 Å². The van der Waals surface area contributed by atoms with E-state index in [1.165, 1.54) is 36.5 Å². The van der Waals surface area contributed by atoms with Gasteiger partial charge in [-0.1, -0.05) is 6.07 Å². The Kier molecular flexibility index (Phi) is 4.03. The third-order valence-corrected chi connectivity index (χ3v) is 3.98. The highest BCUT2D eigenvalue weighted by atomic mass is 32.2. The van der Waals surface area contributed by atoms with Crippen LogP contribution in [0.3, 0.4) is 0 Å². The minimum Gasteiger partial charge on any atom is -0.373 e. The molecule has 0 fully saturated rings. The van der Waals surface area contributed by atoms with Crippen LogP contribution in [-0.2, 0) is 10.0 Å². The van der Waals surface area contributed by atoms with Crippen LogP contribution >= 0.6 is 0 Å². The Morgan fingerprint density at radius 2 is 2.00 bits per heavy atom. The number of benzene rings is 1. The van der Waals surface area contributed by atoms with Gasteiger partial charge in [0.1, 0.15) is 10.7 Å². The number of nitrogens with one attached hydrogen (secondary N) is 2. The number of hydrogen-bond acceptors (Lipinski definition) is 6. The van der Waals surface area contributed by atoms with Crippen molar-refractivity contribution in [2.75, 3.05) is 17.1 Å². The Labute approximate surface area is 121 Å². The molecular weight excluding hydrogens is 296 g/mol. The minimum atomic E-state index is -3.84. The first-order valence-corrected chi connectivity index (χ1v) is 7.32. The Morgan fingerprint density at radius 1 is 1.24 bits per heavy atom. The molecule has 1 heterocycles. The molecule has 0 amide bonds. The smallest absolute Gasteiger partial charge is 0.271 e. The molecule has 0 spiro atoms. The van der Waals surface area contributed by atoms with Crippen molar-refractivity contribution >= 4 is 27.2 Å². The summed E-state index contributed by atoms with van der Waals surface area (Å²) in [6.45, 7) is 0. The average molecular weight is 308 g/mol. The topological polar surface area (TPSA) is 114 Å². The molecule has 2 N–H and O–H groups in total. The van der Waals surface area contributed by atoms with Crippen molar-refractivity contribution in [3.05, 3.63) is 52.7 Å². The van der Waals surface area contributed by atoms with Gasteiger partial charge in [-0.25, -0.2) is 13.4 Å². The molecule has 0 saturated carbocycles. The van der Waals surface area contributed by atoms with Crippen LogP contribution in [0.25, 0.3) is 0 Å². The Morgan fingerprint density at radius 3 is 2.57 bits per heavy atom. The number of rotatable bonds is 5. The molecule has 0 aliphatic rings. The molecule has 0 atom stereocenters. The lowest BCUT2D eigenvalue weighted by atomic mass is 10.3. The van der Waals surface area contributed by atoms with Gasteiger partial charge in [-0.3, -0.25) is 14.8 Å². The average Bonchev–Trinajstić information content (AvgIpc) is 2.47. The summed E-state index contributed by atoms with van der Waals surface area (Å²) in [6.07, 6.45) is 1.20. The normalized spacial score (nSPS) is 10.9. The van der Waals surface area contributed by atoms with Crippen LogP contribution in [0.2, 0.25) is 0 Å². The van der Waals surface area contributed by atoms with Crippen LogP contribution in [-0.4, -0.2) is 25.4 Å². The van der Waals surface area contributed by atoms with Crippen LogP contribution in [0, 0.1) is 10.1 Å². The van der Waals surface area contributed by atoms with Gasteiger partial charge >= 0.3 is 0 Å². The lowest BCUT2D eigenvalue weighted by molar-refractivity contribution is -0.384. The standard InChI is InChI=1S/C12H12N4O4S/c1-13-12-6-5-11(8-14-12)21(19,20)15-9-3-2-4-10(7-9)16(17)18/h2-8,15H,1H3,(H,13,14). The number of non-ortho nitro benzene ring substituents is 1. The fourth-order valence-corrected chi connectivity index (χ4v) is 2.58. The summed E-state index contributed by atoms with van der Waals surface area (Å²) >= 11 is 0. The number of nitrogens with zero attached hydrogens (tertiary/aromatic N) is 2.